The molecule has 1 aliphatic rings. The summed E-state index contributed by atoms with van der Waals surface area (Å²) in [7, 11) is 0. The van der Waals surface area contributed by atoms with Crippen LogP contribution in [0.2, 0.25) is 0 Å². The molecule has 2 nitrogen and oxygen atoms in total. The predicted molar refractivity (Wildman–Crippen MR) is 62.0 cm³/mol. The van der Waals surface area contributed by atoms with Crippen molar-refractivity contribution in [1.82, 2.24) is 0 Å². The van der Waals surface area contributed by atoms with Crippen molar-refractivity contribution in [3.8, 4) is 6.07 Å². The molecule has 0 amide bonds. The first-order chi connectivity index (χ1) is 7.72. The van der Waals surface area contributed by atoms with Crippen LogP contribution in [0, 0.1) is 17.1 Å². The van der Waals surface area contributed by atoms with Gasteiger partial charge in [-0.15, -0.1) is 0 Å². The second-order valence-electron chi connectivity index (χ2n) is 4.01. The quantitative estimate of drug-likeness (QED) is 0.732. The lowest BCUT2D eigenvalue weighted by molar-refractivity contribution is 0.631. The lowest BCUT2D eigenvalue weighted by Gasteiger charge is -2.14. The molecule has 0 saturated carbocycles. The molecule has 0 aromatic heterocycles. The number of nitrogen functional groups attached to an aromatic ring is 1. The van der Waals surface area contributed by atoms with Crippen LogP contribution in [-0.4, -0.2) is 0 Å². The highest BCUT2D eigenvalue weighted by atomic mass is 19.1. The highest BCUT2D eigenvalue weighted by Gasteiger charge is 2.13. The predicted octanol–water partition coefficient (Wildman–Crippen LogP) is 3.24. The van der Waals surface area contributed by atoms with Gasteiger partial charge in [-0.3, -0.25) is 0 Å². The number of halogens is 1. The van der Waals surface area contributed by atoms with Crippen LogP contribution in [0.3, 0.4) is 0 Å². The summed E-state index contributed by atoms with van der Waals surface area (Å²) in [5, 5.41) is 8.98. The van der Waals surface area contributed by atoms with E-state index in [2.05, 4.69) is 6.08 Å². The Morgan fingerprint density at radius 2 is 2.12 bits per heavy atom. The molecule has 82 valence electrons. The zero-order chi connectivity index (χ0) is 11.5. The zero-order valence-corrected chi connectivity index (χ0v) is 8.96. The van der Waals surface area contributed by atoms with Gasteiger partial charge in [0, 0.05) is 0 Å². The molecule has 0 spiro atoms. The van der Waals surface area contributed by atoms with Gasteiger partial charge < -0.3 is 5.73 Å². The normalized spacial score (nSPS) is 15.4. The van der Waals surface area contributed by atoms with Gasteiger partial charge in [0.2, 0.25) is 0 Å². The van der Waals surface area contributed by atoms with Crippen LogP contribution in [0.15, 0.2) is 18.2 Å². The Labute approximate surface area is 94.2 Å². The van der Waals surface area contributed by atoms with Crippen LogP contribution in [0.1, 0.15) is 36.8 Å². The number of hydrogen-bond donors (Lipinski definition) is 1. The Morgan fingerprint density at radius 1 is 1.31 bits per heavy atom. The van der Waals surface area contributed by atoms with Crippen LogP contribution < -0.4 is 5.73 Å². The van der Waals surface area contributed by atoms with Crippen LogP contribution in [0.25, 0.3) is 5.57 Å². The molecule has 16 heavy (non-hydrogen) atoms. The Morgan fingerprint density at radius 3 is 2.75 bits per heavy atom. The highest BCUT2D eigenvalue weighted by molar-refractivity contribution is 5.73. The summed E-state index contributed by atoms with van der Waals surface area (Å²) >= 11 is 0. The number of rotatable bonds is 1. The van der Waals surface area contributed by atoms with E-state index >= 15 is 0 Å². The standard InChI is InChI=1S/C13H13FN2/c14-12-6-10(8-15)11(7-13(12)16)9-4-2-1-3-5-9/h4,6-7H,1-3,5,16H2. The Kier molecular flexibility index (Phi) is 2.91. The molecule has 2 N–H and O–H groups in total. The van der Waals surface area contributed by atoms with Gasteiger partial charge in [0.1, 0.15) is 5.82 Å². The molecular weight excluding hydrogens is 203 g/mol. The van der Waals surface area contributed by atoms with Crippen molar-refractivity contribution in [1.29, 1.82) is 5.26 Å². The van der Waals surface area contributed by atoms with E-state index in [9.17, 15) is 4.39 Å². The third kappa shape index (κ3) is 1.92. The van der Waals surface area contributed by atoms with Gasteiger partial charge in [0.05, 0.1) is 17.3 Å². The van der Waals surface area contributed by atoms with Gasteiger partial charge in [-0.2, -0.15) is 5.26 Å². The van der Waals surface area contributed by atoms with Crippen LogP contribution in [-0.2, 0) is 0 Å². The molecule has 0 saturated heterocycles. The smallest absolute Gasteiger partial charge is 0.147 e. The minimum atomic E-state index is -0.517. The maximum absolute atomic E-state index is 13.2. The maximum Gasteiger partial charge on any atom is 0.147 e. The summed E-state index contributed by atoms with van der Waals surface area (Å²) in [5.41, 5.74) is 7.94. The third-order valence-electron chi connectivity index (χ3n) is 2.89. The van der Waals surface area contributed by atoms with Gasteiger partial charge in [0.25, 0.3) is 0 Å². The van der Waals surface area contributed by atoms with Crippen molar-refractivity contribution in [2.24, 2.45) is 0 Å². The van der Waals surface area contributed by atoms with Crippen molar-refractivity contribution < 1.29 is 4.39 Å². The molecule has 1 aromatic carbocycles. The molecule has 0 atom stereocenters. The molecule has 0 heterocycles. The Bertz CT molecular complexity index is 483. The Hall–Kier alpha value is -1.82. The summed E-state index contributed by atoms with van der Waals surface area (Å²) in [4.78, 5) is 0. The lowest BCUT2D eigenvalue weighted by atomic mass is 9.90. The van der Waals surface area contributed by atoms with Gasteiger partial charge in [-0.1, -0.05) is 6.08 Å². The van der Waals surface area contributed by atoms with E-state index in [4.69, 9.17) is 11.0 Å². The first-order valence-electron chi connectivity index (χ1n) is 5.41. The number of hydrogen-bond acceptors (Lipinski definition) is 2. The minimum absolute atomic E-state index is 0.112. The molecule has 3 heteroatoms. The maximum atomic E-state index is 13.2. The summed E-state index contributed by atoms with van der Waals surface area (Å²) in [6, 6.07) is 4.82. The first kappa shape index (κ1) is 10.7. The monoisotopic (exact) mass is 216 g/mol. The van der Waals surface area contributed by atoms with Crippen LogP contribution in [0.5, 0.6) is 0 Å². The summed E-state index contributed by atoms with van der Waals surface area (Å²) in [5.74, 6) is -0.517. The van der Waals surface area contributed by atoms with Crippen molar-refractivity contribution in [3.05, 3.63) is 35.2 Å². The minimum Gasteiger partial charge on any atom is -0.396 e. The molecule has 1 aromatic rings. The van der Waals surface area contributed by atoms with E-state index in [0.29, 0.717) is 5.56 Å². The van der Waals surface area contributed by atoms with Crippen molar-refractivity contribution in [3.63, 3.8) is 0 Å². The van der Waals surface area contributed by atoms with E-state index in [0.717, 1.165) is 30.4 Å². The van der Waals surface area contributed by atoms with Crippen LogP contribution in [0.4, 0.5) is 10.1 Å². The molecule has 0 radical (unpaired) electrons. The van der Waals surface area contributed by atoms with E-state index in [1.165, 1.54) is 12.5 Å². The van der Waals surface area contributed by atoms with Crippen molar-refractivity contribution in [2.75, 3.05) is 5.73 Å². The summed E-state index contributed by atoms with van der Waals surface area (Å²) in [6.07, 6.45) is 6.39. The number of nitrogens with zero attached hydrogens (tertiary/aromatic N) is 1. The molecule has 0 fully saturated rings. The van der Waals surface area contributed by atoms with E-state index in [-0.39, 0.29) is 5.69 Å². The van der Waals surface area contributed by atoms with Gasteiger partial charge >= 0.3 is 0 Å². The second kappa shape index (κ2) is 4.36. The third-order valence-corrected chi connectivity index (χ3v) is 2.89. The van der Waals surface area contributed by atoms with E-state index < -0.39 is 5.82 Å². The topological polar surface area (TPSA) is 49.8 Å². The molecular formula is C13H13FN2. The fraction of sp³-hybridized carbons (Fsp3) is 0.308. The average molecular weight is 216 g/mol. The molecule has 0 unspecified atom stereocenters. The summed E-state index contributed by atoms with van der Waals surface area (Å²) < 4.78 is 13.2. The molecule has 0 aliphatic heterocycles. The SMILES string of the molecule is N#Cc1cc(F)c(N)cc1C1=CCCCC1. The highest BCUT2D eigenvalue weighted by Crippen LogP contribution is 2.31. The van der Waals surface area contributed by atoms with Gasteiger partial charge in [-0.25, -0.2) is 4.39 Å². The van der Waals surface area contributed by atoms with Crippen LogP contribution >= 0.6 is 0 Å². The summed E-state index contributed by atoms with van der Waals surface area (Å²) in [6.45, 7) is 0. The fourth-order valence-electron chi connectivity index (χ4n) is 2.03. The molecule has 1 aliphatic carbocycles. The average Bonchev–Trinajstić information content (AvgIpc) is 2.33. The second-order valence-corrected chi connectivity index (χ2v) is 4.01. The number of anilines is 1. The van der Waals surface area contributed by atoms with Gasteiger partial charge in [-0.05, 0) is 49.0 Å². The number of benzene rings is 1. The number of allylic oxidation sites excluding steroid dienone is 2. The fourth-order valence-corrected chi connectivity index (χ4v) is 2.03. The van der Waals surface area contributed by atoms with Crippen molar-refractivity contribution >= 4 is 11.3 Å². The Balaban J connectivity index is 2.51. The number of nitriles is 1. The zero-order valence-electron chi connectivity index (χ0n) is 8.96. The molecule has 0 bridgehead atoms. The van der Waals surface area contributed by atoms with E-state index in [1.807, 2.05) is 6.07 Å². The van der Waals surface area contributed by atoms with Gasteiger partial charge in [0.15, 0.2) is 0 Å². The van der Waals surface area contributed by atoms with Crippen molar-refractivity contribution in [2.45, 2.75) is 25.7 Å². The van der Waals surface area contributed by atoms with E-state index in [1.54, 1.807) is 6.07 Å². The lowest BCUT2D eigenvalue weighted by Crippen LogP contribution is -1.99. The first-order valence-corrected chi connectivity index (χ1v) is 5.41. The molecule has 2 rings (SSSR count). The number of nitrogens with two attached hydrogens (primary N) is 1. The largest absolute Gasteiger partial charge is 0.396 e.